The van der Waals surface area contributed by atoms with Crippen LogP contribution in [0.25, 0.3) is 0 Å². The third-order valence-corrected chi connectivity index (χ3v) is 1.84. The van der Waals surface area contributed by atoms with Gasteiger partial charge in [0.05, 0.1) is 17.6 Å². The topological polar surface area (TPSA) is 42.0 Å². The molecule has 0 radical (unpaired) electrons. The van der Waals surface area contributed by atoms with Gasteiger partial charge in [0.1, 0.15) is 0 Å². The van der Waals surface area contributed by atoms with Crippen molar-refractivity contribution in [2.75, 3.05) is 17.3 Å². The Balaban J connectivity index is 2.54. The Kier molecular flexibility index (Phi) is 3.70. The summed E-state index contributed by atoms with van der Waals surface area (Å²) in [4.78, 5) is 14.4. The van der Waals surface area contributed by atoms with Crippen LogP contribution in [0.4, 0.5) is 10.1 Å². The highest BCUT2D eigenvalue weighted by Gasteiger charge is 2.00. The highest BCUT2D eigenvalue weighted by molar-refractivity contribution is 7.99. The van der Waals surface area contributed by atoms with E-state index in [4.69, 9.17) is 0 Å². The van der Waals surface area contributed by atoms with Crippen LogP contribution in [0.5, 0.6) is 0 Å². The first-order valence-corrected chi connectivity index (χ1v) is 5.02. The molecule has 0 bridgehead atoms. The normalized spacial score (nSPS) is 9.69. The van der Waals surface area contributed by atoms with Gasteiger partial charge >= 0.3 is 0 Å². The molecule has 1 amide bonds. The molecule has 1 N–H and O–H groups in total. The summed E-state index contributed by atoms with van der Waals surface area (Å²) in [6.07, 6.45) is 3.12. The van der Waals surface area contributed by atoms with E-state index >= 15 is 0 Å². The van der Waals surface area contributed by atoms with Gasteiger partial charge in [-0.25, -0.2) is 4.98 Å². The van der Waals surface area contributed by atoms with Crippen LogP contribution in [-0.2, 0) is 4.79 Å². The highest BCUT2D eigenvalue weighted by Crippen LogP contribution is 2.05. The van der Waals surface area contributed by atoms with Crippen LogP contribution in [-0.4, -0.2) is 22.9 Å². The first-order chi connectivity index (χ1) is 6.22. The van der Waals surface area contributed by atoms with Crippen LogP contribution in [0.1, 0.15) is 0 Å². The first-order valence-electron chi connectivity index (χ1n) is 3.62. The lowest BCUT2D eigenvalue weighted by Crippen LogP contribution is -2.13. The number of carbonyl (C=O) groups excluding carboxylic acids is 1. The van der Waals surface area contributed by atoms with Crippen molar-refractivity contribution < 1.29 is 9.18 Å². The van der Waals surface area contributed by atoms with Crippen LogP contribution >= 0.6 is 11.8 Å². The SMILES string of the molecule is CSCC(=O)Nc1ccc(F)nc1. The summed E-state index contributed by atoms with van der Waals surface area (Å²) >= 11 is 1.43. The fourth-order valence-electron chi connectivity index (χ4n) is 0.778. The molecule has 0 fully saturated rings. The van der Waals surface area contributed by atoms with E-state index in [-0.39, 0.29) is 5.91 Å². The average Bonchev–Trinajstić information content (AvgIpc) is 2.09. The number of thioether (sulfide) groups is 1. The van der Waals surface area contributed by atoms with E-state index in [0.29, 0.717) is 11.4 Å². The fraction of sp³-hybridized carbons (Fsp3) is 0.250. The molecule has 3 nitrogen and oxygen atoms in total. The van der Waals surface area contributed by atoms with E-state index in [1.165, 1.54) is 30.1 Å². The second-order valence-electron chi connectivity index (χ2n) is 2.35. The lowest BCUT2D eigenvalue weighted by atomic mass is 10.4. The molecule has 0 unspecified atom stereocenters. The molecule has 0 aliphatic carbocycles. The zero-order chi connectivity index (χ0) is 9.68. The molecule has 0 atom stereocenters. The van der Waals surface area contributed by atoms with Crippen molar-refractivity contribution in [1.82, 2.24) is 4.98 Å². The molecular formula is C8H9FN2OS. The van der Waals surface area contributed by atoms with Crippen LogP contribution in [0.2, 0.25) is 0 Å². The van der Waals surface area contributed by atoms with E-state index in [1.807, 2.05) is 6.26 Å². The zero-order valence-electron chi connectivity index (χ0n) is 7.08. The van der Waals surface area contributed by atoms with Crippen LogP contribution in [0, 0.1) is 5.95 Å². The van der Waals surface area contributed by atoms with Crippen molar-refractivity contribution in [3.8, 4) is 0 Å². The maximum absolute atomic E-state index is 12.3. The maximum Gasteiger partial charge on any atom is 0.234 e. The van der Waals surface area contributed by atoms with Gasteiger partial charge in [-0.15, -0.1) is 0 Å². The number of hydrogen-bond acceptors (Lipinski definition) is 3. The fourth-order valence-corrected chi connectivity index (χ4v) is 1.11. The predicted octanol–water partition coefficient (Wildman–Crippen LogP) is 1.52. The first kappa shape index (κ1) is 9.98. The molecule has 70 valence electrons. The van der Waals surface area contributed by atoms with Crippen molar-refractivity contribution in [2.24, 2.45) is 0 Å². The summed E-state index contributed by atoms with van der Waals surface area (Å²) in [5.74, 6) is -0.277. The molecule has 1 rings (SSSR count). The number of halogens is 1. The third-order valence-electron chi connectivity index (χ3n) is 1.29. The molecular weight excluding hydrogens is 191 g/mol. The van der Waals surface area contributed by atoms with E-state index in [0.717, 1.165) is 0 Å². The number of anilines is 1. The number of pyridine rings is 1. The molecule has 0 aliphatic heterocycles. The largest absolute Gasteiger partial charge is 0.324 e. The van der Waals surface area contributed by atoms with Gasteiger partial charge in [-0.2, -0.15) is 16.2 Å². The van der Waals surface area contributed by atoms with E-state index < -0.39 is 5.95 Å². The van der Waals surface area contributed by atoms with Gasteiger partial charge in [0.2, 0.25) is 11.9 Å². The molecule has 0 saturated heterocycles. The van der Waals surface area contributed by atoms with E-state index in [2.05, 4.69) is 10.3 Å². The van der Waals surface area contributed by atoms with Gasteiger partial charge in [0.15, 0.2) is 0 Å². The number of rotatable bonds is 3. The zero-order valence-corrected chi connectivity index (χ0v) is 7.90. The Morgan fingerprint density at radius 1 is 1.69 bits per heavy atom. The minimum atomic E-state index is -0.553. The molecule has 1 aromatic rings. The van der Waals surface area contributed by atoms with Gasteiger partial charge < -0.3 is 5.32 Å². The van der Waals surface area contributed by atoms with E-state index in [9.17, 15) is 9.18 Å². The minimum absolute atomic E-state index is 0.110. The second-order valence-corrected chi connectivity index (χ2v) is 3.22. The van der Waals surface area contributed by atoms with Crippen molar-refractivity contribution in [3.63, 3.8) is 0 Å². The molecule has 0 aliphatic rings. The average molecular weight is 200 g/mol. The summed E-state index contributed by atoms with van der Waals surface area (Å²) < 4.78 is 12.3. The van der Waals surface area contributed by atoms with Crippen LogP contribution in [0.15, 0.2) is 18.3 Å². The highest BCUT2D eigenvalue weighted by atomic mass is 32.2. The van der Waals surface area contributed by atoms with Gasteiger partial charge in [-0.3, -0.25) is 4.79 Å². The smallest absolute Gasteiger partial charge is 0.234 e. The number of nitrogens with zero attached hydrogens (tertiary/aromatic N) is 1. The molecule has 0 spiro atoms. The van der Waals surface area contributed by atoms with Gasteiger partial charge in [0, 0.05) is 0 Å². The Bertz CT molecular complexity index is 289. The monoisotopic (exact) mass is 200 g/mol. The molecule has 0 aromatic carbocycles. The van der Waals surface area contributed by atoms with Crippen molar-refractivity contribution in [3.05, 3.63) is 24.3 Å². The summed E-state index contributed by atoms with van der Waals surface area (Å²) in [5, 5.41) is 2.58. The molecule has 5 heteroatoms. The number of hydrogen-bond donors (Lipinski definition) is 1. The van der Waals surface area contributed by atoms with E-state index in [1.54, 1.807) is 0 Å². The van der Waals surface area contributed by atoms with Crippen LogP contribution in [0.3, 0.4) is 0 Å². The minimum Gasteiger partial charge on any atom is -0.324 e. The summed E-state index contributed by atoms with van der Waals surface area (Å²) in [6.45, 7) is 0. The van der Waals surface area contributed by atoms with Crippen molar-refractivity contribution in [2.45, 2.75) is 0 Å². The number of carbonyl (C=O) groups is 1. The summed E-state index contributed by atoms with van der Waals surface area (Å²) in [7, 11) is 0. The molecule has 13 heavy (non-hydrogen) atoms. The standard InChI is InChI=1S/C8H9FN2OS/c1-13-5-8(12)11-6-2-3-7(9)10-4-6/h2-4H,5H2,1H3,(H,11,12). The Morgan fingerprint density at radius 2 is 2.46 bits per heavy atom. The quantitative estimate of drug-likeness (QED) is 0.752. The van der Waals surface area contributed by atoms with Crippen molar-refractivity contribution >= 4 is 23.4 Å². The maximum atomic E-state index is 12.3. The summed E-state index contributed by atoms with van der Waals surface area (Å²) in [6, 6.07) is 2.68. The number of nitrogens with one attached hydrogen (secondary N) is 1. The van der Waals surface area contributed by atoms with Crippen molar-refractivity contribution in [1.29, 1.82) is 0 Å². The third kappa shape index (κ3) is 3.42. The Hall–Kier alpha value is -1.10. The number of amides is 1. The molecule has 0 saturated carbocycles. The Morgan fingerprint density at radius 3 is 3.00 bits per heavy atom. The van der Waals surface area contributed by atoms with Gasteiger partial charge in [-0.05, 0) is 18.4 Å². The van der Waals surface area contributed by atoms with Crippen LogP contribution < -0.4 is 5.32 Å². The van der Waals surface area contributed by atoms with Gasteiger partial charge in [-0.1, -0.05) is 0 Å². The lowest BCUT2D eigenvalue weighted by molar-refractivity contribution is -0.113. The summed E-state index contributed by atoms with van der Waals surface area (Å²) in [5.41, 5.74) is 0.514. The Labute approximate surface area is 79.7 Å². The number of aromatic nitrogens is 1. The molecule has 1 aromatic heterocycles. The lowest BCUT2D eigenvalue weighted by Gasteiger charge is -2.02. The second kappa shape index (κ2) is 4.81. The predicted molar refractivity (Wildman–Crippen MR) is 51.2 cm³/mol. The molecule has 1 heterocycles. The van der Waals surface area contributed by atoms with Gasteiger partial charge in [0.25, 0.3) is 0 Å².